The molecular formula is C14H21NO4. The van der Waals surface area contributed by atoms with Gasteiger partial charge in [-0.05, 0) is 26.7 Å². The number of carbonyl (C=O) groups excluding carboxylic acids is 1. The van der Waals surface area contributed by atoms with Crippen LogP contribution in [0.3, 0.4) is 0 Å². The van der Waals surface area contributed by atoms with Gasteiger partial charge < -0.3 is 9.15 Å². The molecule has 1 fully saturated rings. The van der Waals surface area contributed by atoms with Crippen LogP contribution < -0.4 is 4.74 Å². The van der Waals surface area contributed by atoms with Crippen LogP contribution in [-0.4, -0.2) is 24.3 Å². The fourth-order valence-electron chi connectivity index (χ4n) is 2.53. The Morgan fingerprint density at radius 1 is 1.32 bits per heavy atom. The maximum absolute atomic E-state index is 12.2. The van der Waals surface area contributed by atoms with Gasteiger partial charge in [-0.25, -0.2) is 4.79 Å². The Hall–Kier alpha value is -1.49. The van der Waals surface area contributed by atoms with E-state index >= 15 is 0 Å². The molecule has 1 aromatic heterocycles. The number of amides is 1. The van der Waals surface area contributed by atoms with Gasteiger partial charge in [0.25, 0.3) is 0 Å². The average molecular weight is 267 g/mol. The number of hydrogen-bond donors (Lipinski definition) is 0. The summed E-state index contributed by atoms with van der Waals surface area (Å²) in [6, 6.07) is 0.110. The van der Waals surface area contributed by atoms with E-state index in [1.165, 1.54) is 18.6 Å². The lowest BCUT2D eigenvalue weighted by Gasteiger charge is -2.30. The van der Waals surface area contributed by atoms with Gasteiger partial charge >= 0.3 is 6.09 Å². The van der Waals surface area contributed by atoms with Crippen molar-refractivity contribution in [3.05, 3.63) is 17.6 Å². The maximum atomic E-state index is 12.2. The fourth-order valence-corrected chi connectivity index (χ4v) is 2.53. The molecule has 1 aliphatic carbocycles. The molecule has 5 nitrogen and oxygen atoms in total. The van der Waals surface area contributed by atoms with Crippen molar-refractivity contribution in [2.75, 3.05) is 7.11 Å². The van der Waals surface area contributed by atoms with Crippen LogP contribution >= 0.6 is 0 Å². The number of rotatable bonds is 3. The molecule has 1 saturated carbocycles. The molecule has 0 saturated heterocycles. The zero-order valence-corrected chi connectivity index (χ0v) is 11.8. The predicted molar refractivity (Wildman–Crippen MR) is 69.9 cm³/mol. The van der Waals surface area contributed by atoms with E-state index < -0.39 is 6.09 Å². The number of aryl methyl sites for hydroxylation is 2. The molecule has 106 valence electrons. The molecule has 0 spiro atoms. The number of furan rings is 1. The van der Waals surface area contributed by atoms with Crippen molar-refractivity contribution in [2.24, 2.45) is 0 Å². The first-order valence-corrected chi connectivity index (χ1v) is 6.73. The molecule has 1 heterocycles. The third-order valence-corrected chi connectivity index (χ3v) is 3.56. The van der Waals surface area contributed by atoms with Crippen LogP contribution in [0.4, 0.5) is 4.79 Å². The monoisotopic (exact) mass is 267 g/mol. The Kier molecular flexibility index (Phi) is 4.47. The largest absolute Gasteiger partial charge is 0.465 e. The van der Waals surface area contributed by atoms with Crippen LogP contribution in [0, 0.1) is 13.8 Å². The van der Waals surface area contributed by atoms with E-state index in [2.05, 4.69) is 0 Å². The molecule has 1 amide bonds. The summed E-state index contributed by atoms with van der Waals surface area (Å²) in [4.78, 5) is 17.4. The maximum Gasteiger partial charge on any atom is 0.439 e. The highest BCUT2D eigenvalue weighted by atomic mass is 16.7. The lowest BCUT2D eigenvalue weighted by Crippen LogP contribution is -2.42. The normalized spacial score (nSPS) is 16.4. The summed E-state index contributed by atoms with van der Waals surface area (Å²) >= 11 is 0. The Bertz CT molecular complexity index is 415. The zero-order chi connectivity index (χ0) is 13.8. The van der Waals surface area contributed by atoms with E-state index in [0.717, 1.165) is 31.2 Å². The minimum Gasteiger partial charge on any atom is -0.465 e. The minimum atomic E-state index is -0.470. The summed E-state index contributed by atoms with van der Waals surface area (Å²) in [6.07, 6.45) is 6.52. The first-order valence-electron chi connectivity index (χ1n) is 6.73. The molecule has 0 bridgehead atoms. The van der Waals surface area contributed by atoms with Crippen molar-refractivity contribution in [2.45, 2.75) is 52.0 Å². The first kappa shape index (κ1) is 13.9. The smallest absolute Gasteiger partial charge is 0.439 e. The standard InChI is InChI=1S/C14H21NO4/c1-10-9-18-11(2)13(10)19-14(16)15(17-3)12-7-5-4-6-8-12/h9,12H,4-8H2,1-3H3. The summed E-state index contributed by atoms with van der Waals surface area (Å²) < 4.78 is 10.6. The quantitative estimate of drug-likeness (QED) is 0.785. The Labute approximate surface area is 113 Å². The molecule has 0 N–H and O–H groups in total. The highest BCUT2D eigenvalue weighted by molar-refractivity contribution is 5.70. The van der Waals surface area contributed by atoms with Crippen LogP contribution in [0.1, 0.15) is 43.4 Å². The van der Waals surface area contributed by atoms with Crippen molar-refractivity contribution in [1.29, 1.82) is 0 Å². The van der Waals surface area contributed by atoms with Gasteiger partial charge in [0.15, 0.2) is 5.75 Å². The second kappa shape index (κ2) is 6.10. The van der Waals surface area contributed by atoms with Gasteiger partial charge in [-0.2, -0.15) is 5.06 Å². The predicted octanol–water partition coefficient (Wildman–Crippen LogP) is 3.59. The molecule has 1 aromatic rings. The van der Waals surface area contributed by atoms with Gasteiger partial charge in [-0.1, -0.05) is 19.3 Å². The van der Waals surface area contributed by atoms with Gasteiger partial charge in [0.2, 0.25) is 0 Å². The third kappa shape index (κ3) is 3.10. The van der Waals surface area contributed by atoms with Crippen LogP contribution in [0.25, 0.3) is 0 Å². The number of carbonyl (C=O) groups is 1. The van der Waals surface area contributed by atoms with Gasteiger partial charge in [0.05, 0.1) is 19.4 Å². The molecule has 2 rings (SSSR count). The third-order valence-electron chi connectivity index (χ3n) is 3.56. The van der Waals surface area contributed by atoms with Gasteiger partial charge in [-0.3, -0.25) is 4.84 Å². The van der Waals surface area contributed by atoms with E-state index in [0.29, 0.717) is 11.5 Å². The molecule has 5 heteroatoms. The highest BCUT2D eigenvalue weighted by Gasteiger charge is 2.28. The Morgan fingerprint density at radius 2 is 2.00 bits per heavy atom. The molecule has 0 radical (unpaired) electrons. The van der Waals surface area contributed by atoms with Crippen LogP contribution in [-0.2, 0) is 4.84 Å². The van der Waals surface area contributed by atoms with Crippen molar-refractivity contribution < 1.29 is 18.8 Å². The number of hydrogen-bond acceptors (Lipinski definition) is 4. The number of ether oxygens (including phenoxy) is 1. The van der Waals surface area contributed by atoms with Crippen molar-refractivity contribution >= 4 is 6.09 Å². The summed E-state index contributed by atoms with van der Waals surface area (Å²) in [7, 11) is 1.50. The van der Waals surface area contributed by atoms with E-state index in [1.807, 2.05) is 6.92 Å². The summed E-state index contributed by atoms with van der Waals surface area (Å²) in [5.41, 5.74) is 0.811. The zero-order valence-electron chi connectivity index (χ0n) is 11.8. The fraction of sp³-hybridized carbons (Fsp3) is 0.643. The molecule has 0 atom stereocenters. The van der Waals surface area contributed by atoms with Crippen LogP contribution in [0.5, 0.6) is 5.75 Å². The average Bonchev–Trinajstić information content (AvgIpc) is 2.73. The van der Waals surface area contributed by atoms with E-state index in [-0.39, 0.29) is 6.04 Å². The van der Waals surface area contributed by atoms with E-state index in [9.17, 15) is 4.79 Å². The SMILES string of the molecule is CON(C(=O)Oc1c(C)coc1C)C1CCCCC1. The Morgan fingerprint density at radius 3 is 2.53 bits per heavy atom. The molecule has 1 aliphatic rings. The second-order valence-corrected chi connectivity index (χ2v) is 4.97. The summed E-state index contributed by atoms with van der Waals surface area (Å²) in [6.45, 7) is 3.62. The lowest BCUT2D eigenvalue weighted by atomic mass is 9.95. The molecule has 19 heavy (non-hydrogen) atoms. The van der Waals surface area contributed by atoms with Gasteiger partial charge in [-0.15, -0.1) is 0 Å². The number of hydroxylamine groups is 2. The summed E-state index contributed by atoms with van der Waals surface area (Å²) in [5, 5.41) is 1.35. The lowest BCUT2D eigenvalue weighted by molar-refractivity contribution is -0.135. The topological polar surface area (TPSA) is 51.9 Å². The minimum absolute atomic E-state index is 0.110. The van der Waals surface area contributed by atoms with Crippen LogP contribution in [0.2, 0.25) is 0 Å². The molecular weight excluding hydrogens is 246 g/mol. The van der Waals surface area contributed by atoms with Crippen molar-refractivity contribution in [1.82, 2.24) is 5.06 Å². The van der Waals surface area contributed by atoms with E-state index in [4.69, 9.17) is 14.0 Å². The molecule has 0 aliphatic heterocycles. The van der Waals surface area contributed by atoms with Crippen LogP contribution in [0.15, 0.2) is 10.7 Å². The summed E-state index contributed by atoms with van der Waals surface area (Å²) in [5.74, 6) is 1.09. The van der Waals surface area contributed by atoms with Gasteiger partial charge in [0.1, 0.15) is 5.76 Å². The molecule has 0 aromatic carbocycles. The Balaban J connectivity index is 2.04. The first-order chi connectivity index (χ1) is 9.13. The highest BCUT2D eigenvalue weighted by Crippen LogP contribution is 2.27. The molecule has 0 unspecified atom stereocenters. The second-order valence-electron chi connectivity index (χ2n) is 4.97. The van der Waals surface area contributed by atoms with E-state index in [1.54, 1.807) is 13.2 Å². The van der Waals surface area contributed by atoms with Crippen molar-refractivity contribution in [3.8, 4) is 5.75 Å². The van der Waals surface area contributed by atoms with Gasteiger partial charge in [0, 0.05) is 5.56 Å². The van der Waals surface area contributed by atoms with Crippen molar-refractivity contribution in [3.63, 3.8) is 0 Å². The number of nitrogens with zero attached hydrogens (tertiary/aromatic N) is 1.